The molecule has 1 aromatic heterocycles. The third-order valence-electron chi connectivity index (χ3n) is 4.62. The summed E-state index contributed by atoms with van der Waals surface area (Å²) in [5, 5.41) is 2.10. The number of anilines is 2. The largest absolute Gasteiger partial charge is 0.479 e. The van der Waals surface area contributed by atoms with Crippen LogP contribution in [0.2, 0.25) is 0 Å². The van der Waals surface area contributed by atoms with E-state index < -0.39 is 5.97 Å². The van der Waals surface area contributed by atoms with E-state index in [2.05, 4.69) is 39.8 Å². The average molecular weight is 388 g/mol. The number of benzene rings is 1. The van der Waals surface area contributed by atoms with Gasteiger partial charge in [0.2, 0.25) is 5.88 Å². The standard InChI is InChI=1S/C19H24N4O3S/c1-14-16(19(24)26-3)13-17(18(20-14)25-2)23(27)22-11-9-21(10-12-22)15-7-5-4-6-8-15/h4-8,13,27H,9-12H2,1-3H3. The fourth-order valence-electron chi connectivity index (χ4n) is 3.12. The van der Waals surface area contributed by atoms with Crippen molar-refractivity contribution in [3.63, 3.8) is 0 Å². The molecule has 8 heteroatoms. The van der Waals surface area contributed by atoms with Gasteiger partial charge in [-0.3, -0.25) is 0 Å². The number of aromatic nitrogens is 1. The van der Waals surface area contributed by atoms with Crippen molar-refractivity contribution in [2.24, 2.45) is 0 Å². The number of para-hydroxylation sites is 1. The van der Waals surface area contributed by atoms with Crippen LogP contribution in [0.25, 0.3) is 0 Å². The number of pyridine rings is 1. The summed E-state index contributed by atoms with van der Waals surface area (Å²) in [7, 11) is 2.91. The number of hydrogen-bond donors (Lipinski definition) is 1. The average Bonchev–Trinajstić information content (AvgIpc) is 2.73. The van der Waals surface area contributed by atoms with E-state index in [1.54, 1.807) is 24.5 Å². The van der Waals surface area contributed by atoms with Crippen LogP contribution in [0.5, 0.6) is 5.88 Å². The van der Waals surface area contributed by atoms with Crippen molar-refractivity contribution >= 4 is 30.2 Å². The molecule has 144 valence electrons. The molecule has 27 heavy (non-hydrogen) atoms. The molecule has 0 unspecified atom stereocenters. The van der Waals surface area contributed by atoms with Gasteiger partial charge in [-0.1, -0.05) is 18.2 Å². The summed E-state index contributed by atoms with van der Waals surface area (Å²) in [6.45, 7) is 5.05. The Morgan fingerprint density at radius 1 is 1.15 bits per heavy atom. The molecule has 1 aromatic carbocycles. The topological polar surface area (TPSA) is 58.1 Å². The quantitative estimate of drug-likeness (QED) is 0.624. The third-order valence-corrected chi connectivity index (χ3v) is 5.09. The first-order valence-corrected chi connectivity index (χ1v) is 9.13. The van der Waals surface area contributed by atoms with Crippen molar-refractivity contribution in [3.8, 4) is 5.88 Å². The van der Waals surface area contributed by atoms with Gasteiger partial charge in [0.05, 0.1) is 25.5 Å². The number of piperazine rings is 1. The van der Waals surface area contributed by atoms with Gasteiger partial charge in [-0.2, -0.15) is 0 Å². The monoisotopic (exact) mass is 388 g/mol. The highest BCUT2D eigenvalue weighted by Crippen LogP contribution is 2.32. The molecule has 1 aliphatic heterocycles. The normalized spacial score (nSPS) is 14.7. The number of nitrogens with zero attached hydrogens (tertiary/aromatic N) is 4. The summed E-state index contributed by atoms with van der Waals surface area (Å²) < 4.78 is 12.0. The highest BCUT2D eigenvalue weighted by Gasteiger charge is 2.25. The first-order chi connectivity index (χ1) is 13.0. The van der Waals surface area contributed by atoms with Gasteiger partial charge in [0.15, 0.2) is 0 Å². The molecule has 1 aliphatic rings. The predicted molar refractivity (Wildman–Crippen MR) is 109 cm³/mol. The maximum Gasteiger partial charge on any atom is 0.339 e. The lowest BCUT2D eigenvalue weighted by molar-refractivity contribution is 0.0599. The summed E-state index contributed by atoms with van der Waals surface area (Å²) in [5.74, 6) is -0.0137. The highest BCUT2D eigenvalue weighted by molar-refractivity contribution is 7.81. The van der Waals surface area contributed by atoms with Crippen molar-refractivity contribution in [1.82, 2.24) is 9.99 Å². The van der Waals surface area contributed by atoms with E-state index in [4.69, 9.17) is 9.47 Å². The number of methoxy groups -OCH3 is 2. The number of ether oxygens (including phenoxy) is 2. The van der Waals surface area contributed by atoms with Gasteiger partial charge in [-0.15, -0.1) is 0 Å². The van der Waals surface area contributed by atoms with Crippen LogP contribution in [0.3, 0.4) is 0 Å². The molecule has 0 radical (unpaired) electrons. The Balaban J connectivity index is 1.78. The van der Waals surface area contributed by atoms with Crippen LogP contribution in [0.4, 0.5) is 11.4 Å². The minimum absolute atomic E-state index is 0.398. The number of hydrazine groups is 1. The number of carbonyl (C=O) groups excluding carboxylic acids is 1. The third kappa shape index (κ3) is 4.12. The molecule has 1 saturated heterocycles. The number of thiol groups is 1. The minimum atomic E-state index is -0.431. The molecule has 2 heterocycles. The Morgan fingerprint density at radius 3 is 2.41 bits per heavy atom. The Morgan fingerprint density at radius 2 is 1.81 bits per heavy atom. The molecular formula is C19H24N4O3S. The smallest absolute Gasteiger partial charge is 0.339 e. The van der Waals surface area contributed by atoms with E-state index in [9.17, 15) is 4.79 Å². The van der Waals surface area contributed by atoms with Gasteiger partial charge in [0.25, 0.3) is 0 Å². The van der Waals surface area contributed by atoms with Crippen LogP contribution in [-0.2, 0) is 4.74 Å². The SMILES string of the molecule is COC(=O)c1cc(N(S)N2CCN(c3ccccc3)CC2)c(OC)nc1C. The lowest BCUT2D eigenvalue weighted by atomic mass is 10.2. The van der Waals surface area contributed by atoms with Crippen molar-refractivity contribution in [1.29, 1.82) is 0 Å². The number of rotatable bonds is 5. The summed E-state index contributed by atoms with van der Waals surface area (Å²) in [5.41, 5.74) is 2.78. The first kappa shape index (κ1) is 19.3. The molecule has 7 nitrogen and oxygen atoms in total. The number of hydrogen-bond acceptors (Lipinski definition) is 8. The minimum Gasteiger partial charge on any atom is -0.479 e. The summed E-state index contributed by atoms with van der Waals surface area (Å²) >= 11 is 4.65. The second-order valence-electron chi connectivity index (χ2n) is 6.21. The molecule has 0 spiro atoms. The molecular weight excluding hydrogens is 364 g/mol. The molecule has 0 aliphatic carbocycles. The maximum atomic E-state index is 12.0. The zero-order chi connectivity index (χ0) is 19.4. The number of aryl methyl sites for hydroxylation is 1. The fourth-order valence-corrected chi connectivity index (χ4v) is 3.44. The Labute approximate surface area is 165 Å². The molecule has 0 N–H and O–H groups in total. The van der Waals surface area contributed by atoms with E-state index >= 15 is 0 Å². The van der Waals surface area contributed by atoms with Crippen LogP contribution in [-0.4, -0.2) is 56.4 Å². The molecule has 2 aromatic rings. The molecule has 0 bridgehead atoms. The van der Waals surface area contributed by atoms with E-state index in [-0.39, 0.29) is 0 Å². The molecule has 0 saturated carbocycles. The zero-order valence-electron chi connectivity index (χ0n) is 15.8. The lowest BCUT2D eigenvalue weighted by Gasteiger charge is -2.40. The predicted octanol–water partition coefficient (Wildman–Crippen LogP) is 2.57. The van der Waals surface area contributed by atoms with E-state index in [1.807, 2.05) is 18.2 Å². The van der Waals surface area contributed by atoms with Gasteiger partial charge in [-0.25, -0.2) is 19.2 Å². The van der Waals surface area contributed by atoms with Crippen LogP contribution in [0.1, 0.15) is 16.1 Å². The van der Waals surface area contributed by atoms with Crippen molar-refractivity contribution < 1.29 is 14.3 Å². The Kier molecular flexibility index (Phi) is 6.08. The van der Waals surface area contributed by atoms with E-state index in [0.717, 1.165) is 26.2 Å². The summed E-state index contributed by atoms with van der Waals surface area (Å²) in [4.78, 5) is 18.7. The Hall–Kier alpha value is -2.45. The van der Waals surface area contributed by atoms with Crippen LogP contribution < -0.4 is 14.1 Å². The Bertz CT molecular complexity index is 795. The highest BCUT2D eigenvalue weighted by atomic mass is 32.1. The number of esters is 1. The zero-order valence-corrected chi connectivity index (χ0v) is 16.6. The summed E-state index contributed by atoms with van der Waals surface area (Å²) in [6.07, 6.45) is 0. The number of carbonyl (C=O) groups is 1. The molecule has 3 rings (SSSR count). The van der Waals surface area contributed by atoms with E-state index in [1.165, 1.54) is 12.8 Å². The molecule has 0 amide bonds. The van der Waals surface area contributed by atoms with Gasteiger partial charge in [0, 0.05) is 31.9 Å². The maximum absolute atomic E-state index is 12.0. The molecule has 0 atom stereocenters. The van der Waals surface area contributed by atoms with Crippen molar-refractivity contribution in [2.45, 2.75) is 6.92 Å². The van der Waals surface area contributed by atoms with Gasteiger partial charge in [0.1, 0.15) is 5.69 Å². The first-order valence-electron chi connectivity index (χ1n) is 8.73. The van der Waals surface area contributed by atoms with Crippen molar-refractivity contribution in [2.75, 3.05) is 49.7 Å². The fraction of sp³-hybridized carbons (Fsp3) is 0.368. The van der Waals surface area contributed by atoms with Gasteiger partial charge >= 0.3 is 5.97 Å². The van der Waals surface area contributed by atoms with Crippen molar-refractivity contribution in [3.05, 3.63) is 47.7 Å². The molecule has 1 fully saturated rings. The van der Waals surface area contributed by atoms with Gasteiger partial charge < -0.3 is 14.4 Å². The second kappa shape index (κ2) is 8.49. The lowest BCUT2D eigenvalue weighted by Crippen LogP contribution is -2.51. The van der Waals surface area contributed by atoms with Gasteiger partial charge in [-0.05, 0) is 37.9 Å². The summed E-state index contributed by atoms with van der Waals surface area (Å²) in [6, 6.07) is 12.1. The van der Waals surface area contributed by atoms with Crippen LogP contribution in [0.15, 0.2) is 36.4 Å². The van der Waals surface area contributed by atoms with Crippen LogP contribution in [0, 0.1) is 6.92 Å². The van der Waals surface area contributed by atoms with E-state index in [0.29, 0.717) is 22.8 Å². The second-order valence-corrected chi connectivity index (χ2v) is 6.59. The van der Waals surface area contributed by atoms with Crippen LogP contribution >= 0.6 is 12.8 Å².